The first kappa shape index (κ1) is 10.3. The third kappa shape index (κ3) is 1.69. The molecular weight excluding hydrogens is 184 g/mol. The molecule has 2 nitrogen and oxygen atoms in total. The van der Waals surface area contributed by atoms with Crippen molar-refractivity contribution in [3.63, 3.8) is 0 Å². The summed E-state index contributed by atoms with van der Waals surface area (Å²) >= 11 is 0. The molecule has 1 aliphatic rings. The summed E-state index contributed by atoms with van der Waals surface area (Å²) in [5, 5.41) is 3.59. The summed E-state index contributed by atoms with van der Waals surface area (Å²) in [6.45, 7) is 9.89. The Kier molecular flexibility index (Phi) is 2.18. The van der Waals surface area contributed by atoms with Gasteiger partial charge in [-0.25, -0.2) is 0 Å². The maximum absolute atomic E-state index is 3.59. The summed E-state index contributed by atoms with van der Waals surface area (Å²) in [6, 6.07) is 4.38. The monoisotopic (exact) mass is 204 g/mol. The molecule has 0 spiro atoms. The lowest BCUT2D eigenvalue weighted by atomic mass is 9.96. The Balaban J connectivity index is 2.55. The molecule has 2 heteroatoms. The molecule has 15 heavy (non-hydrogen) atoms. The topological polar surface area (TPSA) is 15.3 Å². The fourth-order valence-corrected chi connectivity index (χ4v) is 2.47. The number of aryl methyl sites for hydroxylation is 1. The quantitative estimate of drug-likeness (QED) is 0.699. The fraction of sp³-hybridized carbons (Fsp3) is 0.538. The standard InChI is InChI=1S/C13H20N2/c1-9-6-7-11-12(10(9)2)15(5)8-13(3,4)14-11/h6-7,14H,8H2,1-5H3. The van der Waals surface area contributed by atoms with E-state index in [1.165, 1.54) is 22.5 Å². The van der Waals surface area contributed by atoms with Crippen LogP contribution in [0.25, 0.3) is 0 Å². The molecule has 0 bridgehead atoms. The predicted octanol–water partition coefficient (Wildman–Crippen LogP) is 2.94. The Morgan fingerprint density at radius 1 is 1.27 bits per heavy atom. The van der Waals surface area contributed by atoms with Crippen LogP contribution in [0.4, 0.5) is 11.4 Å². The van der Waals surface area contributed by atoms with E-state index in [9.17, 15) is 0 Å². The van der Waals surface area contributed by atoms with Crippen molar-refractivity contribution in [3.05, 3.63) is 23.3 Å². The van der Waals surface area contributed by atoms with Gasteiger partial charge in [-0.05, 0) is 44.9 Å². The van der Waals surface area contributed by atoms with Crippen LogP contribution in [0.2, 0.25) is 0 Å². The highest BCUT2D eigenvalue weighted by molar-refractivity contribution is 5.77. The van der Waals surface area contributed by atoms with Crippen molar-refractivity contribution in [2.45, 2.75) is 33.2 Å². The lowest BCUT2D eigenvalue weighted by Gasteiger charge is -2.41. The van der Waals surface area contributed by atoms with E-state index in [4.69, 9.17) is 0 Å². The first-order valence-electron chi connectivity index (χ1n) is 5.50. The van der Waals surface area contributed by atoms with E-state index in [0.717, 1.165) is 6.54 Å². The number of likely N-dealkylation sites (N-methyl/N-ethyl adjacent to an activating group) is 1. The average molecular weight is 204 g/mol. The van der Waals surface area contributed by atoms with E-state index in [0.29, 0.717) is 0 Å². The zero-order chi connectivity index (χ0) is 11.2. The first-order chi connectivity index (χ1) is 6.91. The number of anilines is 2. The van der Waals surface area contributed by atoms with Gasteiger partial charge in [0.2, 0.25) is 0 Å². The average Bonchev–Trinajstić information content (AvgIpc) is 2.09. The van der Waals surface area contributed by atoms with Crippen molar-refractivity contribution in [2.24, 2.45) is 0 Å². The molecule has 0 saturated carbocycles. The number of hydrogen-bond acceptors (Lipinski definition) is 2. The van der Waals surface area contributed by atoms with Crippen molar-refractivity contribution >= 4 is 11.4 Å². The van der Waals surface area contributed by atoms with Gasteiger partial charge < -0.3 is 10.2 Å². The molecule has 0 aliphatic carbocycles. The number of nitrogens with one attached hydrogen (secondary N) is 1. The van der Waals surface area contributed by atoms with Crippen LogP contribution in [-0.2, 0) is 0 Å². The zero-order valence-corrected chi connectivity index (χ0v) is 10.3. The van der Waals surface area contributed by atoms with Crippen molar-refractivity contribution in [1.82, 2.24) is 0 Å². The molecule has 1 aromatic rings. The summed E-state index contributed by atoms with van der Waals surface area (Å²) < 4.78 is 0. The van der Waals surface area contributed by atoms with E-state index >= 15 is 0 Å². The molecule has 1 aliphatic heterocycles. The van der Waals surface area contributed by atoms with Crippen LogP contribution in [0.1, 0.15) is 25.0 Å². The van der Waals surface area contributed by atoms with Gasteiger partial charge in [-0.3, -0.25) is 0 Å². The van der Waals surface area contributed by atoms with Crippen LogP contribution in [0.5, 0.6) is 0 Å². The molecule has 1 N–H and O–H groups in total. The second-order valence-electron chi connectivity index (χ2n) is 5.27. The van der Waals surface area contributed by atoms with Crippen molar-refractivity contribution < 1.29 is 0 Å². The molecular formula is C13H20N2. The largest absolute Gasteiger partial charge is 0.377 e. The van der Waals surface area contributed by atoms with Crippen LogP contribution in [0.3, 0.4) is 0 Å². The smallest absolute Gasteiger partial charge is 0.0632 e. The molecule has 0 amide bonds. The number of nitrogens with zero attached hydrogens (tertiary/aromatic N) is 1. The minimum absolute atomic E-state index is 0.156. The van der Waals surface area contributed by atoms with Gasteiger partial charge in [-0.2, -0.15) is 0 Å². The van der Waals surface area contributed by atoms with Crippen molar-refractivity contribution in [1.29, 1.82) is 0 Å². The van der Waals surface area contributed by atoms with E-state index in [-0.39, 0.29) is 5.54 Å². The van der Waals surface area contributed by atoms with Crippen LogP contribution in [0.15, 0.2) is 12.1 Å². The minimum Gasteiger partial charge on any atom is -0.377 e. The zero-order valence-electron chi connectivity index (χ0n) is 10.3. The molecule has 0 saturated heterocycles. The Morgan fingerprint density at radius 2 is 1.93 bits per heavy atom. The highest BCUT2D eigenvalue weighted by Gasteiger charge is 2.28. The number of fused-ring (bicyclic) bond motifs is 1. The molecule has 1 heterocycles. The maximum Gasteiger partial charge on any atom is 0.0632 e. The van der Waals surface area contributed by atoms with Gasteiger partial charge >= 0.3 is 0 Å². The lowest BCUT2D eigenvalue weighted by Crippen LogP contribution is -2.47. The van der Waals surface area contributed by atoms with Gasteiger partial charge in [0, 0.05) is 19.1 Å². The van der Waals surface area contributed by atoms with Crippen LogP contribution >= 0.6 is 0 Å². The van der Waals surface area contributed by atoms with Gasteiger partial charge in [0.25, 0.3) is 0 Å². The molecule has 0 aromatic heterocycles. The SMILES string of the molecule is Cc1ccc2c(c1C)N(C)CC(C)(C)N2. The first-order valence-corrected chi connectivity index (χ1v) is 5.50. The van der Waals surface area contributed by atoms with E-state index in [1.807, 2.05) is 0 Å². The minimum atomic E-state index is 0.156. The third-order valence-electron chi connectivity index (χ3n) is 3.19. The number of hydrogen-bond donors (Lipinski definition) is 1. The molecule has 2 rings (SSSR count). The van der Waals surface area contributed by atoms with Gasteiger partial charge in [0.1, 0.15) is 0 Å². The second-order valence-corrected chi connectivity index (χ2v) is 5.27. The van der Waals surface area contributed by atoms with E-state index in [2.05, 4.69) is 57.1 Å². The van der Waals surface area contributed by atoms with Crippen molar-refractivity contribution in [2.75, 3.05) is 23.8 Å². The molecule has 0 radical (unpaired) electrons. The highest BCUT2D eigenvalue weighted by atomic mass is 15.2. The van der Waals surface area contributed by atoms with Gasteiger partial charge in [0.05, 0.1) is 11.4 Å². The van der Waals surface area contributed by atoms with E-state index in [1.54, 1.807) is 0 Å². The molecule has 82 valence electrons. The summed E-state index contributed by atoms with van der Waals surface area (Å²) in [5.74, 6) is 0. The third-order valence-corrected chi connectivity index (χ3v) is 3.19. The lowest BCUT2D eigenvalue weighted by molar-refractivity contribution is 0.549. The van der Waals surface area contributed by atoms with Crippen LogP contribution in [0, 0.1) is 13.8 Å². The van der Waals surface area contributed by atoms with Gasteiger partial charge in [0.15, 0.2) is 0 Å². The predicted molar refractivity (Wildman–Crippen MR) is 66.9 cm³/mol. The highest BCUT2D eigenvalue weighted by Crippen LogP contribution is 2.37. The molecule has 1 aromatic carbocycles. The van der Waals surface area contributed by atoms with Gasteiger partial charge in [-0.1, -0.05) is 6.07 Å². The molecule has 0 unspecified atom stereocenters. The van der Waals surface area contributed by atoms with Crippen molar-refractivity contribution in [3.8, 4) is 0 Å². The van der Waals surface area contributed by atoms with E-state index < -0.39 is 0 Å². The van der Waals surface area contributed by atoms with Crippen LogP contribution in [-0.4, -0.2) is 19.1 Å². The second kappa shape index (κ2) is 3.16. The Morgan fingerprint density at radius 3 is 2.60 bits per heavy atom. The Hall–Kier alpha value is -1.18. The number of rotatable bonds is 0. The fourth-order valence-electron chi connectivity index (χ4n) is 2.47. The van der Waals surface area contributed by atoms with Gasteiger partial charge in [-0.15, -0.1) is 0 Å². The summed E-state index contributed by atoms with van der Waals surface area (Å²) in [5.41, 5.74) is 5.52. The summed E-state index contributed by atoms with van der Waals surface area (Å²) in [7, 11) is 2.17. The Labute approximate surface area is 92.3 Å². The molecule has 0 atom stereocenters. The number of benzene rings is 1. The Bertz CT molecular complexity index is 394. The molecule has 0 fully saturated rings. The summed E-state index contributed by atoms with van der Waals surface area (Å²) in [4.78, 5) is 2.36. The summed E-state index contributed by atoms with van der Waals surface area (Å²) in [6.07, 6.45) is 0. The van der Waals surface area contributed by atoms with Crippen LogP contribution < -0.4 is 10.2 Å². The normalized spacial score (nSPS) is 18.3. The maximum atomic E-state index is 3.59.